The number of hydrazine groups is 1. The van der Waals surface area contributed by atoms with Crippen molar-refractivity contribution >= 4 is 11.8 Å². The smallest absolute Gasteiger partial charge is 0.0568 e. The third-order valence-corrected chi connectivity index (χ3v) is 2.66. The van der Waals surface area contributed by atoms with E-state index >= 15 is 0 Å². The van der Waals surface area contributed by atoms with Crippen LogP contribution in [0.5, 0.6) is 0 Å². The van der Waals surface area contributed by atoms with Gasteiger partial charge in [-0.05, 0) is 30.4 Å². The molecular weight excluding hydrogens is 182 g/mol. The minimum Gasteiger partial charge on any atom is -0.271 e. The number of nitrogens with two attached hydrogens (primary N) is 1. The van der Waals surface area contributed by atoms with E-state index in [1.54, 1.807) is 18.0 Å². The number of aryl methyl sites for hydroxylation is 1. The molecule has 0 aliphatic rings. The highest BCUT2D eigenvalue weighted by Crippen LogP contribution is 2.18. The lowest BCUT2D eigenvalue weighted by molar-refractivity contribution is 0.606. The van der Waals surface area contributed by atoms with Gasteiger partial charge in [-0.3, -0.25) is 16.3 Å². The van der Waals surface area contributed by atoms with Crippen LogP contribution in [0.4, 0.5) is 0 Å². The molecule has 1 unspecified atom stereocenters. The Morgan fingerprint density at radius 2 is 2.46 bits per heavy atom. The van der Waals surface area contributed by atoms with Gasteiger partial charge in [-0.2, -0.15) is 11.8 Å². The predicted octanol–water partition coefficient (Wildman–Crippen LogP) is 1.26. The Labute approximate surface area is 83.1 Å². The Bertz CT molecular complexity index is 265. The summed E-state index contributed by atoms with van der Waals surface area (Å²) in [5.74, 6) is 6.43. The first-order chi connectivity index (χ1) is 6.29. The summed E-state index contributed by atoms with van der Waals surface area (Å²) in [5.41, 5.74) is 5.21. The standard InChI is InChI=1S/C9H15N3S/c1-7-3-4-11-5-8(7)9(12-10)6-13-2/h3-5,9,12H,6,10H2,1-2H3. The van der Waals surface area contributed by atoms with Crippen LogP contribution < -0.4 is 11.3 Å². The molecule has 0 aliphatic carbocycles. The van der Waals surface area contributed by atoms with Gasteiger partial charge >= 0.3 is 0 Å². The van der Waals surface area contributed by atoms with Crippen LogP contribution in [0, 0.1) is 6.92 Å². The number of aromatic nitrogens is 1. The third-order valence-electron chi connectivity index (χ3n) is 1.99. The highest BCUT2D eigenvalue weighted by molar-refractivity contribution is 7.98. The van der Waals surface area contributed by atoms with Gasteiger partial charge in [0.2, 0.25) is 0 Å². The first kappa shape index (κ1) is 10.5. The number of pyridine rings is 1. The lowest BCUT2D eigenvalue weighted by atomic mass is 10.1. The number of nitrogens with zero attached hydrogens (tertiary/aromatic N) is 1. The second-order valence-corrected chi connectivity index (χ2v) is 3.82. The molecule has 0 saturated heterocycles. The summed E-state index contributed by atoms with van der Waals surface area (Å²) in [7, 11) is 0. The van der Waals surface area contributed by atoms with Crippen LogP contribution in [0.25, 0.3) is 0 Å². The van der Waals surface area contributed by atoms with Crippen molar-refractivity contribution in [2.75, 3.05) is 12.0 Å². The maximum atomic E-state index is 5.47. The molecule has 0 fully saturated rings. The van der Waals surface area contributed by atoms with Crippen LogP contribution >= 0.6 is 11.8 Å². The summed E-state index contributed by atoms with van der Waals surface area (Å²) < 4.78 is 0. The molecule has 0 spiro atoms. The average molecular weight is 197 g/mol. The SMILES string of the molecule is CSCC(NN)c1cnccc1C. The summed E-state index contributed by atoms with van der Waals surface area (Å²) in [6, 6.07) is 2.20. The van der Waals surface area contributed by atoms with Crippen molar-refractivity contribution in [3.05, 3.63) is 29.6 Å². The van der Waals surface area contributed by atoms with Gasteiger partial charge in [-0.1, -0.05) is 0 Å². The van der Waals surface area contributed by atoms with Crippen molar-refractivity contribution in [3.63, 3.8) is 0 Å². The normalized spacial score (nSPS) is 12.8. The molecule has 1 aromatic heterocycles. The molecule has 1 heterocycles. The van der Waals surface area contributed by atoms with Crippen molar-refractivity contribution in [1.82, 2.24) is 10.4 Å². The van der Waals surface area contributed by atoms with Crippen molar-refractivity contribution in [1.29, 1.82) is 0 Å². The zero-order valence-corrected chi connectivity index (χ0v) is 8.77. The molecule has 1 rings (SSSR count). The van der Waals surface area contributed by atoms with Gasteiger partial charge in [0.1, 0.15) is 0 Å². The summed E-state index contributed by atoms with van der Waals surface area (Å²) in [6.45, 7) is 2.07. The molecule has 72 valence electrons. The number of hydrogen-bond donors (Lipinski definition) is 2. The molecule has 0 aliphatic heterocycles. The van der Waals surface area contributed by atoms with Gasteiger partial charge < -0.3 is 0 Å². The second-order valence-electron chi connectivity index (χ2n) is 2.91. The maximum Gasteiger partial charge on any atom is 0.0568 e. The van der Waals surface area contributed by atoms with Crippen LogP contribution in [0.3, 0.4) is 0 Å². The first-order valence-electron chi connectivity index (χ1n) is 4.15. The van der Waals surface area contributed by atoms with Crippen LogP contribution in [0.15, 0.2) is 18.5 Å². The molecule has 0 aromatic carbocycles. The van der Waals surface area contributed by atoms with Crippen molar-refractivity contribution in [2.24, 2.45) is 5.84 Å². The zero-order chi connectivity index (χ0) is 9.68. The Morgan fingerprint density at radius 1 is 1.69 bits per heavy atom. The van der Waals surface area contributed by atoms with Crippen LogP contribution in [-0.4, -0.2) is 17.0 Å². The van der Waals surface area contributed by atoms with Gasteiger partial charge in [0.15, 0.2) is 0 Å². The van der Waals surface area contributed by atoms with E-state index in [1.807, 2.05) is 12.3 Å². The quantitative estimate of drug-likeness (QED) is 0.563. The van der Waals surface area contributed by atoms with E-state index in [4.69, 9.17) is 5.84 Å². The monoisotopic (exact) mass is 197 g/mol. The van der Waals surface area contributed by atoms with E-state index in [2.05, 4.69) is 23.6 Å². The summed E-state index contributed by atoms with van der Waals surface area (Å²) in [5, 5.41) is 0. The van der Waals surface area contributed by atoms with E-state index in [9.17, 15) is 0 Å². The highest BCUT2D eigenvalue weighted by atomic mass is 32.2. The Kier molecular flexibility index (Phi) is 4.21. The average Bonchev–Trinajstić information content (AvgIpc) is 2.16. The molecule has 13 heavy (non-hydrogen) atoms. The van der Waals surface area contributed by atoms with Crippen LogP contribution in [-0.2, 0) is 0 Å². The molecule has 1 atom stereocenters. The first-order valence-corrected chi connectivity index (χ1v) is 5.54. The minimum atomic E-state index is 0.198. The number of nitrogens with one attached hydrogen (secondary N) is 1. The van der Waals surface area contributed by atoms with E-state index in [0.29, 0.717) is 0 Å². The molecule has 0 amide bonds. The number of rotatable bonds is 4. The Balaban J connectivity index is 2.84. The highest BCUT2D eigenvalue weighted by Gasteiger charge is 2.10. The predicted molar refractivity (Wildman–Crippen MR) is 57.4 cm³/mol. The summed E-state index contributed by atoms with van der Waals surface area (Å²) >= 11 is 1.77. The van der Waals surface area contributed by atoms with Crippen molar-refractivity contribution < 1.29 is 0 Å². The Morgan fingerprint density at radius 3 is 3.00 bits per heavy atom. The summed E-state index contributed by atoms with van der Waals surface area (Å²) in [6.07, 6.45) is 5.73. The molecule has 3 nitrogen and oxygen atoms in total. The largest absolute Gasteiger partial charge is 0.271 e. The lowest BCUT2D eigenvalue weighted by Gasteiger charge is -2.16. The van der Waals surface area contributed by atoms with Gasteiger partial charge in [0.25, 0.3) is 0 Å². The minimum absolute atomic E-state index is 0.198. The summed E-state index contributed by atoms with van der Waals surface area (Å²) in [4.78, 5) is 4.09. The third kappa shape index (κ3) is 2.69. The molecular formula is C9H15N3S. The van der Waals surface area contributed by atoms with Gasteiger partial charge in [-0.25, -0.2) is 0 Å². The fourth-order valence-electron chi connectivity index (χ4n) is 1.24. The maximum absolute atomic E-state index is 5.47. The lowest BCUT2D eigenvalue weighted by Crippen LogP contribution is -2.30. The molecule has 0 radical (unpaired) electrons. The van der Waals surface area contributed by atoms with Gasteiger partial charge in [0, 0.05) is 18.1 Å². The second kappa shape index (κ2) is 5.21. The molecule has 0 saturated carbocycles. The molecule has 3 N–H and O–H groups in total. The van der Waals surface area contributed by atoms with E-state index in [0.717, 1.165) is 5.75 Å². The van der Waals surface area contributed by atoms with E-state index in [1.165, 1.54) is 11.1 Å². The van der Waals surface area contributed by atoms with Gasteiger partial charge in [0.05, 0.1) is 6.04 Å². The fraction of sp³-hybridized carbons (Fsp3) is 0.444. The Hall–Kier alpha value is -0.580. The van der Waals surface area contributed by atoms with E-state index in [-0.39, 0.29) is 6.04 Å². The van der Waals surface area contributed by atoms with E-state index < -0.39 is 0 Å². The molecule has 4 heteroatoms. The molecule has 1 aromatic rings. The fourth-order valence-corrected chi connectivity index (χ4v) is 1.84. The topological polar surface area (TPSA) is 50.9 Å². The van der Waals surface area contributed by atoms with Crippen LogP contribution in [0.1, 0.15) is 17.2 Å². The van der Waals surface area contributed by atoms with Gasteiger partial charge in [-0.15, -0.1) is 0 Å². The van der Waals surface area contributed by atoms with Crippen LogP contribution in [0.2, 0.25) is 0 Å². The van der Waals surface area contributed by atoms with Crippen molar-refractivity contribution in [2.45, 2.75) is 13.0 Å². The number of hydrogen-bond acceptors (Lipinski definition) is 4. The zero-order valence-electron chi connectivity index (χ0n) is 7.95. The van der Waals surface area contributed by atoms with Crippen molar-refractivity contribution in [3.8, 4) is 0 Å². The number of thioether (sulfide) groups is 1. The molecule has 0 bridgehead atoms.